The summed E-state index contributed by atoms with van der Waals surface area (Å²) in [4.78, 5) is 24.7. The fourth-order valence-electron chi connectivity index (χ4n) is 4.26. The Labute approximate surface area is 221 Å². The summed E-state index contributed by atoms with van der Waals surface area (Å²) in [5, 5.41) is 4.05. The third-order valence-corrected chi connectivity index (χ3v) is 6.49. The fraction of sp³-hybridized carbons (Fsp3) is 0.258. The van der Waals surface area contributed by atoms with Gasteiger partial charge in [-0.25, -0.2) is 4.39 Å². The highest BCUT2D eigenvalue weighted by Crippen LogP contribution is 2.31. The van der Waals surface area contributed by atoms with Crippen LogP contribution in [-0.4, -0.2) is 23.7 Å². The van der Waals surface area contributed by atoms with E-state index in [9.17, 15) is 14.0 Å². The lowest BCUT2D eigenvalue weighted by atomic mass is 9.96. The van der Waals surface area contributed by atoms with Crippen molar-refractivity contribution in [3.8, 4) is 22.5 Å². The molecule has 0 amide bonds. The summed E-state index contributed by atoms with van der Waals surface area (Å²) in [6.07, 6.45) is -0.774. The molecule has 0 N–H and O–H groups in total. The van der Waals surface area contributed by atoms with Gasteiger partial charge in [0.2, 0.25) is 0 Å². The number of carbonyl (C=O) groups excluding carboxylic acids is 2. The van der Waals surface area contributed by atoms with E-state index >= 15 is 0 Å². The maximum atomic E-state index is 14.1. The van der Waals surface area contributed by atoms with Gasteiger partial charge in [0.15, 0.2) is 5.76 Å². The molecule has 7 heteroatoms. The van der Waals surface area contributed by atoms with Crippen LogP contribution < -0.4 is 0 Å². The Morgan fingerprint density at radius 3 is 2.16 bits per heavy atom. The van der Waals surface area contributed by atoms with Gasteiger partial charge >= 0.3 is 11.9 Å². The van der Waals surface area contributed by atoms with E-state index in [1.807, 2.05) is 55.5 Å². The zero-order valence-electron chi connectivity index (χ0n) is 21.9. The molecule has 0 aliphatic carbocycles. The smallest absolute Gasteiger partial charge is 0.313 e. The third-order valence-electron chi connectivity index (χ3n) is 6.49. The first-order valence-corrected chi connectivity index (χ1v) is 12.5. The number of esters is 2. The van der Waals surface area contributed by atoms with Gasteiger partial charge in [-0.2, -0.15) is 0 Å². The molecule has 0 saturated heterocycles. The molecular weight excluding hydrogens is 485 g/mol. The number of aryl methyl sites for hydroxylation is 1. The number of nitrogens with zero attached hydrogens (tertiary/aromatic N) is 1. The van der Waals surface area contributed by atoms with Crippen LogP contribution in [0.1, 0.15) is 55.2 Å². The third kappa shape index (κ3) is 5.99. The van der Waals surface area contributed by atoms with Crippen molar-refractivity contribution in [1.29, 1.82) is 0 Å². The maximum Gasteiger partial charge on any atom is 0.313 e. The van der Waals surface area contributed by atoms with E-state index in [1.165, 1.54) is 6.07 Å². The van der Waals surface area contributed by atoms with E-state index in [2.05, 4.69) is 5.16 Å². The number of ether oxygens (including phenoxy) is 2. The zero-order chi connectivity index (χ0) is 27.2. The van der Waals surface area contributed by atoms with Crippen LogP contribution in [0.4, 0.5) is 4.39 Å². The van der Waals surface area contributed by atoms with E-state index in [4.69, 9.17) is 14.0 Å². The highest BCUT2D eigenvalue weighted by molar-refractivity contribution is 5.79. The van der Waals surface area contributed by atoms with Crippen LogP contribution in [0.2, 0.25) is 0 Å². The number of carbonyl (C=O) groups is 2. The van der Waals surface area contributed by atoms with E-state index in [0.717, 1.165) is 22.3 Å². The molecule has 38 heavy (non-hydrogen) atoms. The number of hydrogen-bond acceptors (Lipinski definition) is 6. The Bertz CT molecular complexity index is 1410. The molecule has 6 nitrogen and oxygen atoms in total. The Hall–Kier alpha value is -4.26. The van der Waals surface area contributed by atoms with Gasteiger partial charge in [-0.15, -0.1) is 0 Å². The summed E-state index contributed by atoms with van der Waals surface area (Å²) in [6, 6.07) is 21.7. The quantitative estimate of drug-likeness (QED) is 0.224. The average molecular weight is 516 g/mol. The first kappa shape index (κ1) is 26.8. The van der Waals surface area contributed by atoms with E-state index in [1.54, 1.807) is 39.0 Å². The molecule has 0 bridgehead atoms. The molecule has 2 atom stereocenters. The van der Waals surface area contributed by atoms with E-state index in [0.29, 0.717) is 29.2 Å². The molecule has 0 fully saturated rings. The highest BCUT2D eigenvalue weighted by Gasteiger charge is 2.22. The summed E-state index contributed by atoms with van der Waals surface area (Å²) in [7, 11) is 0. The Morgan fingerprint density at radius 2 is 1.53 bits per heavy atom. The van der Waals surface area contributed by atoms with Crippen molar-refractivity contribution in [3.63, 3.8) is 0 Å². The molecule has 2 unspecified atom stereocenters. The van der Waals surface area contributed by atoms with Crippen LogP contribution in [-0.2, 0) is 25.5 Å². The average Bonchev–Trinajstić information content (AvgIpc) is 3.28. The molecule has 3 aromatic carbocycles. The summed E-state index contributed by atoms with van der Waals surface area (Å²) in [5.41, 5.74) is 5.18. The van der Waals surface area contributed by atoms with Crippen molar-refractivity contribution in [2.45, 2.75) is 46.1 Å². The minimum absolute atomic E-state index is 0.0503. The van der Waals surface area contributed by atoms with Crippen molar-refractivity contribution in [1.82, 2.24) is 5.16 Å². The van der Waals surface area contributed by atoms with Crippen LogP contribution in [0.15, 0.2) is 77.3 Å². The van der Waals surface area contributed by atoms with Crippen molar-refractivity contribution < 1.29 is 28.0 Å². The molecule has 0 radical (unpaired) electrons. The number of hydrogen-bond donors (Lipinski definition) is 0. The molecular formula is C31H30FNO5. The number of aromatic nitrogens is 1. The van der Waals surface area contributed by atoms with Crippen molar-refractivity contribution in [2.75, 3.05) is 6.61 Å². The first-order valence-electron chi connectivity index (χ1n) is 12.5. The van der Waals surface area contributed by atoms with Crippen molar-refractivity contribution >= 4 is 11.9 Å². The Kier molecular flexibility index (Phi) is 8.36. The SMILES string of the molecule is CCOC(=O)C(C)c1ccc(-c2ccc(-c3onc(C)c3CC(=O)OC(C)c3ccccc3F)cc2)cc1. The molecule has 0 aliphatic rings. The second-order valence-electron chi connectivity index (χ2n) is 9.08. The minimum atomic E-state index is -0.724. The standard InChI is InChI=1S/C31H30FNO5/c1-5-36-31(35)19(2)22-10-12-23(13-11-22)24-14-16-25(17-15-24)30-27(20(3)33-38-30)18-29(34)37-21(4)26-8-6-7-9-28(26)32/h6-17,19,21H,5,18H2,1-4H3. The molecule has 4 rings (SSSR count). The van der Waals surface area contributed by atoms with Crippen LogP contribution in [0.5, 0.6) is 0 Å². The molecule has 4 aromatic rings. The molecule has 0 aliphatic heterocycles. The molecule has 1 heterocycles. The van der Waals surface area contributed by atoms with Gasteiger partial charge in [0.1, 0.15) is 11.9 Å². The normalized spacial score (nSPS) is 12.6. The second-order valence-corrected chi connectivity index (χ2v) is 9.08. The van der Waals surface area contributed by atoms with Gasteiger partial charge in [0, 0.05) is 16.7 Å². The van der Waals surface area contributed by atoms with Gasteiger partial charge < -0.3 is 14.0 Å². The predicted molar refractivity (Wildman–Crippen MR) is 142 cm³/mol. The second kappa shape index (κ2) is 11.9. The molecule has 1 aromatic heterocycles. The summed E-state index contributed by atoms with van der Waals surface area (Å²) < 4.78 is 30.2. The van der Waals surface area contributed by atoms with Gasteiger partial charge in [0.25, 0.3) is 0 Å². The van der Waals surface area contributed by atoms with Gasteiger partial charge in [-0.1, -0.05) is 71.9 Å². The monoisotopic (exact) mass is 515 g/mol. The maximum absolute atomic E-state index is 14.1. The zero-order valence-corrected chi connectivity index (χ0v) is 21.9. The Balaban J connectivity index is 1.47. The number of rotatable bonds is 9. The van der Waals surface area contributed by atoms with E-state index in [-0.39, 0.29) is 18.3 Å². The van der Waals surface area contributed by atoms with Gasteiger partial charge in [-0.05, 0) is 50.5 Å². The number of benzene rings is 3. The summed E-state index contributed by atoms with van der Waals surface area (Å²) in [5.74, 6) is -1.00. The molecule has 0 saturated carbocycles. The number of halogens is 1. The van der Waals surface area contributed by atoms with Gasteiger partial charge in [-0.3, -0.25) is 9.59 Å². The van der Waals surface area contributed by atoms with Crippen LogP contribution >= 0.6 is 0 Å². The van der Waals surface area contributed by atoms with Crippen molar-refractivity contribution in [3.05, 3.63) is 101 Å². The Morgan fingerprint density at radius 1 is 0.921 bits per heavy atom. The lowest BCUT2D eigenvalue weighted by Gasteiger charge is -2.14. The van der Waals surface area contributed by atoms with Crippen LogP contribution in [0.3, 0.4) is 0 Å². The lowest BCUT2D eigenvalue weighted by molar-refractivity contribution is -0.148. The van der Waals surface area contributed by atoms with Crippen molar-refractivity contribution in [2.24, 2.45) is 0 Å². The molecule has 196 valence electrons. The highest BCUT2D eigenvalue weighted by atomic mass is 19.1. The topological polar surface area (TPSA) is 78.6 Å². The largest absolute Gasteiger partial charge is 0.466 e. The fourth-order valence-corrected chi connectivity index (χ4v) is 4.26. The minimum Gasteiger partial charge on any atom is -0.466 e. The molecule has 0 spiro atoms. The van der Waals surface area contributed by atoms with Gasteiger partial charge in [0.05, 0.1) is 24.6 Å². The van der Waals surface area contributed by atoms with Crippen LogP contribution in [0.25, 0.3) is 22.5 Å². The summed E-state index contributed by atoms with van der Waals surface area (Å²) in [6.45, 7) is 7.38. The summed E-state index contributed by atoms with van der Waals surface area (Å²) >= 11 is 0. The van der Waals surface area contributed by atoms with Crippen LogP contribution in [0, 0.1) is 12.7 Å². The van der Waals surface area contributed by atoms with E-state index < -0.39 is 17.9 Å². The lowest BCUT2D eigenvalue weighted by Crippen LogP contribution is -2.13. The first-order chi connectivity index (χ1) is 18.3. The predicted octanol–water partition coefficient (Wildman–Crippen LogP) is 6.97.